The van der Waals surface area contributed by atoms with Gasteiger partial charge in [-0.15, -0.1) is 11.8 Å². The Morgan fingerprint density at radius 3 is 2.32 bits per heavy atom. The largest absolute Gasteiger partial charge is 0.478 e. The van der Waals surface area contributed by atoms with Crippen molar-refractivity contribution in [3.8, 4) is 0 Å². The van der Waals surface area contributed by atoms with E-state index in [2.05, 4.69) is 0 Å². The third-order valence-corrected chi connectivity index (χ3v) is 4.97. The van der Waals surface area contributed by atoms with Gasteiger partial charge in [0.25, 0.3) is 0 Å². The molecular weight excluding hydrogens is 337 g/mol. The van der Waals surface area contributed by atoms with E-state index in [1.165, 1.54) is 6.07 Å². The van der Waals surface area contributed by atoms with Crippen molar-refractivity contribution in [3.63, 3.8) is 0 Å². The predicted octanol–water partition coefficient (Wildman–Crippen LogP) is 5.14. The molecule has 0 saturated carbocycles. The Morgan fingerprint density at radius 1 is 1.27 bits per heavy atom. The molecule has 0 spiro atoms. The molecular formula is C15H14ClF3O2S. The number of aliphatic carboxylic acids is 1. The topological polar surface area (TPSA) is 37.3 Å². The smallest absolute Gasteiger partial charge is 0.405 e. The van der Waals surface area contributed by atoms with E-state index in [-0.39, 0.29) is 5.41 Å². The first-order chi connectivity index (χ1) is 9.91. The molecule has 0 aromatic heterocycles. The second-order valence-electron chi connectivity index (χ2n) is 6.06. The van der Waals surface area contributed by atoms with Crippen molar-refractivity contribution in [2.75, 3.05) is 0 Å². The first-order valence-corrected chi connectivity index (χ1v) is 7.69. The van der Waals surface area contributed by atoms with Gasteiger partial charge in [-0.1, -0.05) is 32.4 Å². The van der Waals surface area contributed by atoms with Gasteiger partial charge in [-0.05, 0) is 34.8 Å². The summed E-state index contributed by atoms with van der Waals surface area (Å²) in [6.07, 6.45) is -3.57. The summed E-state index contributed by atoms with van der Waals surface area (Å²) in [5, 5.41) is 7.37. The Hall–Kier alpha value is -1.14. The highest BCUT2D eigenvalue weighted by Gasteiger charge is 2.47. The summed E-state index contributed by atoms with van der Waals surface area (Å²) in [5.74, 6) is -1.57. The van der Waals surface area contributed by atoms with E-state index in [1.54, 1.807) is 6.07 Å². The van der Waals surface area contributed by atoms with E-state index in [4.69, 9.17) is 16.7 Å². The Kier molecular flexibility index (Phi) is 4.30. The van der Waals surface area contributed by atoms with Gasteiger partial charge in [0, 0.05) is 9.92 Å². The van der Waals surface area contributed by atoms with Crippen LogP contribution in [0.3, 0.4) is 0 Å². The average molecular weight is 351 g/mol. The number of rotatable bonds is 1. The van der Waals surface area contributed by atoms with E-state index in [0.717, 1.165) is 11.6 Å². The molecule has 0 aliphatic carbocycles. The van der Waals surface area contributed by atoms with Crippen molar-refractivity contribution >= 4 is 35.4 Å². The monoisotopic (exact) mass is 350 g/mol. The average Bonchev–Trinajstić information content (AvgIpc) is 2.33. The fourth-order valence-corrected chi connectivity index (χ4v) is 3.79. The minimum Gasteiger partial charge on any atom is -0.478 e. The van der Waals surface area contributed by atoms with Crippen LogP contribution in [0.4, 0.5) is 13.2 Å². The van der Waals surface area contributed by atoms with Crippen molar-refractivity contribution < 1.29 is 23.1 Å². The summed E-state index contributed by atoms with van der Waals surface area (Å²) in [6, 6.07) is 3.15. The highest BCUT2D eigenvalue weighted by molar-refractivity contribution is 8.00. The molecule has 1 aliphatic heterocycles. The molecule has 1 N–H and O–H groups in total. The van der Waals surface area contributed by atoms with Crippen molar-refractivity contribution in [1.29, 1.82) is 0 Å². The lowest BCUT2D eigenvalue weighted by atomic mass is 9.86. The number of halogens is 4. The van der Waals surface area contributed by atoms with Gasteiger partial charge in [0.2, 0.25) is 0 Å². The van der Waals surface area contributed by atoms with E-state index in [0.29, 0.717) is 27.2 Å². The highest BCUT2D eigenvalue weighted by Crippen LogP contribution is 2.47. The zero-order valence-corrected chi connectivity index (χ0v) is 13.7. The predicted molar refractivity (Wildman–Crippen MR) is 81.5 cm³/mol. The molecule has 1 unspecified atom stereocenters. The first-order valence-electron chi connectivity index (χ1n) is 6.43. The van der Waals surface area contributed by atoms with Gasteiger partial charge in [-0.3, -0.25) is 0 Å². The number of carboxylic acid groups (broad SMARTS) is 1. The normalized spacial score (nSPS) is 18.7. The molecule has 2 nitrogen and oxygen atoms in total. The van der Waals surface area contributed by atoms with Gasteiger partial charge in [-0.2, -0.15) is 13.2 Å². The van der Waals surface area contributed by atoms with Crippen LogP contribution < -0.4 is 0 Å². The fraction of sp³-hybridized carbons (Fsp3) is 0.400. The molecule has 0 saturated heterocycles. The van der Waals surface area contributed by atoms with E-state index in [1.807, 2.05) is 20.8 Å². The number of hydrogen-bond donors (Lipinski definition) is 1. The minimum atomic E-state index is -4.63. The van der Waals surface area contributed by atoms with Crippen LogP contribution in [-0.2, 0) is 10.2 Å². The second kappa shape index (κ2) is 5.49. The number of thioether (sulfide) groups is 1. The summed E-state index contributed by atoms with van der Waals surface area (Å²) >= 11 is 6.70. The van der Waals surface area contributed by atoms with Crippen LogP contribution in [0.15, 0.2) is 22.6 Å². The van der Waals surface area contributed by atoms with E-state index < -0.39 is 23.0 Å². The summed E-state index contributed by atoms with van der Waals surface area (Å²) in [6.45, 7) is 5.73. The lowest BCUT2D eigenvalue weighted by molar-refractivity contribution is -0.140. The Labute approximate surface area is 135 Å². The number of fused-ring (bicyclic) bond motifs is 1. The SMILES string of the molecule is CC(C)(C)c1cc2c(cc1Cl)C=C(C(=O)O)C(C(F)(F)F)S2. The maximum absolute atomic E-state index is 13.1. The van der Waals surface area contributed by atoms with E-state index in [9.17, 15) is 18.0 Å². The third-order valence-electron chi connectivity index (χ3n) is 3.29. The van der Waals surface area contributed by atoms with Gasteiger partial charge in [0.1, 0.15) is 5.25 Å². The lowest BCUT2D eigenvalue weighted by Gasteiger charge is -2.28. The summed E-state index contributed by atoms with van der Waals surface area (Å²) < 4.78 is 39.3. The van der Waals surface area contributed by atoms with Gasteiger partial charge in [0.05, 0.1) is 5.57 Å². The second-order valence-corrected chi connectivity index (χ2v) is 7.62. The molecule has 0 bridgehead atoms. The van der Waals surface area contributed by atoms with Gasteiger partial charge in [0.15, 0.2) is 0 Å². The maximum Gasteiger partial charge on any atom is 0.405 e. The van der Waals surface area contributed by atoms with Crippen LogP contribution in [0.2, 0.25) is 5.02 Å². The fourth-order valence-electron chi connectivity index (χ4n) is 2.21. The molecule has 120 valence electrons. The lowest BCUT2D eigenvalue weighted by Crippen LogP contribution is -2.32. The molecule has 0 radical (unpaired) electrons. The molecule has 2 rings (SSSR count). The van der Waals surface area contributed by atoms with Crippen molar-refractivity contribution in [2.24, 2.45) is 0 Å². The van der Waals surface area contributed by atoms with Crippen LogP contribution in [0.5, 0.6) is 0 Å². The summed E-state index contributed by atoms with van der Waals surface area (Å²) in [5.41, 5.74) is 0.135. The molecule has 0 fully saturated rings. The van der Waals surface area contributed by atoms with Gasteiger partial charge < -0.3 is 5.11 Å². The molecule has 1 aromatic carbocycles. The first kappa shape index (κ1) is 17.2. The minimum absolute atomic E-state index is 0.322. The zero-order valence-electron chi connectivity index (χ0n) is 12.1. The third kappa shape index (κ3) is 3.27. The van der Waals surface area contributed by atoms with Gasteiger partial charge in [-0.25, -0.2) is 4.79 Å². The molecule has 1 aliphatic rings. The quantitative estimate of drug-likeness (QED) is 0.761. The number of benzene rings is 1. The maximum atomic E-state index is 13.1. The van der Waals surface area contributed by atoms with Crippen LogP contribution in [0.1, 0.15) is 31.9 Å². The van der Waals surface area contributed by atoms with Crippen LogP contribution >= 0.6 is 23.4 Å². The van der Waals surface area contributed by atoms with Crippen molar-refractivity contribution in [1.82, 2.24) is 0 Å². The molecule has 1 heterocycles. The van der Waals surface area contributed by atoms with Crippen LogP contribution in [0, 0.1) is 0 Å². The number of carbonyl (C=O) groups is 1. The zero-order chi connectivity index (χ0) is 16.9. The van der Waals surface area contributed by atoms with E-state index >= 15 is 0 Å². The standard InChI is InChI=1S/C15H14ClF3O2S/c1-14(2,3)9-6-11-7(5-10(9)16)4-8(13(20)21)12(22-11)15(17,18)19/h4-6,12H,1-3H3,(H,20,21). The Morgan fingerprint density at radius 2 is 1.86 bits per heavy atom. The van der Waals surface area contributed by atoms with Crippen LogP contribution in [-0.4, -0.2) is 22.5 Å². The Bertz CT molecular complexity index is 660. The number of alkyl halides is 3. The van der Waals surface area contributed by atoms with Gasteiger partial charge >= 0.3 is 12.1 Å². The van der Waals surface area contributed by atoms with Crippen molar-refractivity contribution in [2.45, 2.75) is 42.5 Å². The highest BCUT2D eigenvalue weighted by atomic mass is 35.5. The number of hydrogen-bond acceptors (Lipinski definition) is 2. The molecule has 0 amide bonds. The van der Waals surface area contributed by atoms with Crippen molar-refractivity contribution in [3.05, 3.63) is 33.9 Å². The molecule has 1 atom stereocenters. The summed E-state index contributed by atoms with van der Waals surface area (Å²) in [4.78, 5) is 11.5. The van der Waals surface area contributed by atoms with Crippen LogP contribution in [0.25, 0.3) is 6.08 Å². The molecule has 22 heavy (non-hydrogen) atoms. The molecule has 7 heteroatoms. The summed E-state index contributed by atoms with van der Waals surface area (Å²) in [7, 11) is 0. The number of carboxylic acids is 1. The molecule has 1 aromatic rings. The Balaban J connectivity index is 2.61.